The van der Waals surface area contributed by atoms with Crippen molar-refractivity contribution < 1.29 is 9.53 Å². The predicted octanol–water partition coefficient (Wildman–Crippen LogP) is 3.08. The third-order valence-corrected chi connectivity index (χ3v) is 3.02. The first-order valence-corrected chi connectivity index (χ1v) is 7.23. The van der Waals surface area contributed by atoms with Gasteiger partial charge in [-0.3, -0.25) is 4.98 Å². The van der Waals surface area contributed by atoms with Crippen molar-refractivity contribution in [3.63, 3.8) is 0 Å². The molecule has 1 aromatic carbocycles. The number of aromatic nitrogens is 1. The van der Waals surface area contributed by atoms with Crippen LogP contribution in [0.1, 0.15) is 18.9 Å². The fourth-order valence-electron chi connectivity index (χ4n) is 1.86. The third kappa shape index (κ3) is 5.67. The number of urea groups is 1. The number of nitrogens with zero attached hydrogens (tertiary/aromatic N) is 2. The number of amides is 2. The van der Waals surface area contributed by atoms with Crippen LogP contribution in [0, 0.1) is 11.3 Å². The lowest BCUT2D eigenvalue weighted by atomic mass is 10.2. The molecule has 0 fully saturated rings. The molecule has 2 rings (SSSR count). The smallest absolute Gasteiger partial charge is 0.319 e. The highest BCUT2D eigenvalue weighted by Gasteiger charge is 2.06. The van der Waals surface area contributed by atoms with Gasteiger partial charge >= 0.3 is 6.03 Å². The molecule has 0 aliphatic rings. The second-order valence-electron chi connectivity index (χ2n) is 5.04. The van der Waals surface area contributed by atoms with E-state index >= 15 is 0 Å². The fraction of sp³-hybridized carbons (Fsp3) is 0.235. The number of pyridine rings is 1. The summed E-state index contributed by atoms with van der Waals surface area (Å²) in [4.78, 5) is 15.7. The maximum Gasteiger partial charge on any atom is 0.319 e. The first-order chi connectivity index (χ1) is 11.2. The van der Waals surface area contributed by atoms with Gasteiger partial charge in [-0.1, -0.05) is 6.07 Å². The van der Waals surface area contributed by atoms with Crippen LogP contribution in [0.15, 0.2) is 48.8 Å². The summed E-state index contributed by atoms with van der Waals surface area (Å²) in [6.45, 7) is 2.21. The van der Waals surface area contributed by atoms with E-state index in [9.17, 15) is 4.79 Å². The van der Waals surface area contributed by atoms with Gasteiger partial charge in [-0.2, -0.15) is 5.26 Å². The van der Waals surface area contributed by atoms with Gasteiger partial charge in [0.05, 0.1) is 12.5 Å². The molecule has 0 aliphatic carbocycles. The Morgan fingerprint density at radius 1 is 1.35 bits per heavy atom. The molecular formula is C17H18N4O2. The molecule has 1 atom stereocenters. The van der Waals surface area contributed by atoms with Gasteiger partial charge in [0.25, 0.3) is 0 Å². The molecule has 2 amide bonds. The monoisotopic (exact) mass is 310 g/mol. The minimum atomic E-state index is -0.336. The van der Waals surface area contributed by atoms with E-state index in [2.05, 4.69) is 15.6 Å². The normalized spacial score (nSPS) is 11.1. The van der Waals surface area contributed by atoms with Crippen molar-refractivity contribution in [3.05, 3.63) is 54.4 Å². The van der Waals surface area contributed by atoms with Gasteiger partial charge in [0.2, 0.25) is 0 Å². The van der Waals surface area contributed by atoms with Crippen LogP contribution in [0.4, 0.5) is 10.5 Å². The van der Waals surface area contributed by atoms with E-state index in [1.165, 1.54) is 0 Å². The highest BCUT2D eigenvalue weighted by molar-refractivity contribution is 5.89. The van der Waals surface area contributed by atoms with Crippen LogP contribution < -0.4 is 15.4 Å². The number of nitrogens with one attached hydrogen (secondary N) is 2. The van der Waals surface area contributed by atoms with Gasteiger partial charge in [0.1, 0.15) is 12.4 Å². The summed E-state index contributed by atoms with van der Waals surface area (Å²) >= 11 is 0. The van der Waals surface area contributed by atoms with Crippen LogP contribution in [0.25, 0.3) is 0 Å². The molecule has 0 unspecified atom stereocenters. The zero-order valence-corrected chi connectivity index (χ0v) is 12.8. The second-order valence-corrected chi connectivity index (χ2v) is 5.04. The van der Waals surface area contributed by atoms with Crippen LogP contribution in [-0.2, 0) is 6.61 Å². The summed E-state index contributed by atoms with van der Waals surface area (Å²) in [5, 5.41) is 14.0. The lowest BCUT2D eigenvalue weighted by Crippen LogP contribution is -2.35. The van der Waals surface area contributed by atoms with E-state index < -0.39 is 0 Å². The lowest BCUT2D eigenvalue weighted by Gasteiger charge is -2.12. The number of rotatable bonds is 6. The molecule has 0 radical (unpaired) electrons. The standard InChI is InChI=1S/C17H18N4O2/c1-13(8-9-18)20-17(22)21-15-4-6-16(7-5-15)23-12-14-3-2-10-19-11-14/h2-7,10-11,13H,8,12H2,1H3,(H2,20,21,22)/t13-/m1/s1. The molecule has 1 aromatic heterocycles. The van der Waals surface area contributed by atoms with Crippen molar-refractivity contribution in [2.45, 2.75) is 26.0 Å². The molecule has 0 spiro atoms. The molecule has 2 N–H and O–H groups in total. The Labute approximate surface area is 135 Å². The summed E-state index contributed by atoms with van der Waals surface area (Å²) in [7, 11) is 0. The van der Waals surface area contributed by atoms with Gasteiger partial charge in [-0.15, -0.1) is 0 Å². The SMILES string of the molecule is C[C@H](CC#N)NC(=O)Nc1ccc(OCc2cccnc2)cc1. The van der Waals surface area contributed by atoms with E-state index in [0.717, 1.165) is 5.56 Å². The molecule has 0 saturated heterocycles. The van der Waals surface area contributed by atoms with Crippen molar-refractivity contribution in [1.29, 1.82) is 5.26 Å². The Balaban J connectivity index is 1.82. The predicted molar refractivity (Wildman–Crippen MR) is 86.9 cm³/mol. The minimum absolute atomic E-state index is 0.193. The lowest BCUT2D eigenvalue weighted by molar-refractivity contribution is 0.249. The van der Waals surface area contributed by atoms with Gasteiger partial charge in [-0.05, 0) is 37.3 Å². The number of anilines is 1. The second kappa shape index (κ2) is 8.39. The van der Waals surface area contributed by atoms with Crippen molar-refractivity contribution in [2.24, 2.45) is 0 Å². The van der Waals surface area contributed by atoms with E-state index in [1.54, 1.807) is 43.6 Å². The van der Waals surface area contributed by atoms with E-state index in [0.29, 0.717) is 18.0 Å². The fourth-order valence-corrected chi connectivity index (χ4v) is 1.86. The van der Waals surface area contributed by atoms with Crippen LogP contribution >= 0.6 is 0 Å². The molecule has 1 heterocycles. The number of carbonyl (C=O) groups is 1. The highest BCUT2D eigenvalue weighted by atomic mass is 16.5. The molecule has 0 aliphatic heterocycles. The molecule has 0 saturated carbocycles. The summed E-state index contributed by atoms with van der Waals surface area (Å²) in [5.74, 6) is 0.706. The van der Waals surface area contributed by atoms with Crippen molar-refractivity contribution >= 4 is 11.7 Å². The Bertz CT molecular complexity index is 665. The Morgan fingerprint density at radius 2 is 2.13 bits per heavy atom. The number of carbonyl (C=O) groups excluding carboxylic acids is 1. The number of hydrogen-bond donors (Lipinski definition) is 2. The van der Waals surface area contributed by atoms with Crippen LogP contribution in [0.3, 0.4) is 0 Å². The topological polar surface area (TPSA) is 87.0 Å². The van der Waals surface area contributed by atoms with Crippen LogP contribution in [0.5, 0.6) is 5.75 Å². The summed E-state index contributed by atoms with van der Waals surface area (Å²) in [5.41, 5.74) is 1.64. The van der Waals surface area contributed by atoms with E-state index in [1.807, 2.05) is 18.2 Å². The quantitative estimate of drug-likeness (QED) is 0.858. The highest BCUT2D eigenvalue weighted by Crippen LogP contribution is 2.17. The first-order valence-electron chi connectivity index (χ1n) is 7.23. The third-order valence-electron chi connectivity index (χ3n) is 3.02. The maximum absolute atomic E-state index is 11.7. The van der Waals surface area contributed by atoms with E-state index in [4.69, 9.17) is 10.00 Å². The molecule has 23 heavy (non-hydrogen) atoms. The summed E-state index contributed by atoms with van der Waals surface area (Å²) in [6.07, 6.45) is 3.74. The minimum Gasteiger partial charge on any atom is -0.489 e. The van der Waals surface area contributed by atoms with Crippen LogP contribution in [0.2, 0.25) is 0 Å². The molecule has 6 heteroatoms. The molecular weight excluding hydrogens is 292 g/mol. The number of benzene rings is 1. The average Bonchev–Trinajstić information content (AvgIpc) is 2.55. The van der Waals surface area contributed by atoms with Crippen LogP contribution in [-0.4, -0.2) is 17.1 Å². The summed E-state index contributed by atoms with van der Waals surface area (Å²) < 4.78 is 5.64. The van der Waals surface area contributed by atoms with Crippen molar-refractivity contribution in [2.75, 3.05) is 5.32 Å². The molecule has 118 valence electrons. The van der Waals surface area contributed by atoms with Gasteiger partial charge in [0.15, 0.2) is 0 Å². The molecule has 0 bridgehead atoms. The zero-order chi connectivity index (χ0) is 16.5. The average molecular weight is 310 g/mol. The Hall–Kier alpha value is -3.07. The Kier molecular flexibility index (Phi) is 5.95. The van der Waals surface area contributed by atoms with Crippen molar-refractivity contribution in [3.8, 4) is 11.8 Å². The van der Waals surface area contributed by atoms with Gasteiger partial charge < -0.3 is 15.4 Å². The molecule has 2 aromatic rings. The first kappa shape index (κ1) is 16.3. The zero-order valence-electron chi connectivity index (χ0n) is 12.8. The van der Waals surface area contributed by atoms with Gasteiger partial charge in [0, 0.05) is 29.7 Å². The largest absolute Gasteiger partial charge is 0.489 e. The number of ether oxygens (including phenoxy) is 1. The molecule has 6 nitrogen and oxygen atoms in total. The summed E-state index contributed by atoms with van der Waals surface area (Å²) in [6, 6.07) is 12.4. The van der Waals surface area contributed by atoms with Gasteiger partial charge in [-0.25, -0.2) is 4.79 Å². The van der Waals surface area contributed by atoms with Crippen molar-refractivity contribution in [1.82, 2.24) is 10.3 Å². The number of hydrogen-bond acceptors (Lipinski definition) is 4. The maximum atomic E-state index is 11.7. The van der Waals surface area contributed by atoms with E-state index in [-0.39, 0.29) is 18.5 Å². The number of nitriles is 1. The Morgan fingerprint density at radius 3 is 2.78 bits per heavy atom.